The molecule has 9 heteroatoms. The van der Waals surface area contributed by atoms with Gasteiger partial charge in [-0.2, -0.15) is 0 Å². The SMILES string of the molecule is CCCNC(=O)C(C)Sc1nnnn1CC(=O)O. The highest BCUT2D eigenvalue weighted by molar-refractivity contribution is 8.00. The fraction of sp³-hybridized carbons (Fsp3) is 0.667. The first-order valence-corrected chi connectivity index (χ1v) is 6.35. The summed E-state index contributed by atoms with van der Waals surface area (Å²) in [4.78, 5) is 22.2. The summed E-state index contributed by atoms with van der Waals surface area (Å²) in [5.74, 6) is -1.15. The van der Waals surface area contributed by atoms with E-state index < -0.39 is 5.97 Å². The summed E-state index contributed by atoms with van der Waals surface area (Å²) >= 11 is 1.13. The Kier molecular flexibility index (Phi) is 5.56. The predicted octanol–water partition coefficient (Wildman–Crippen LogP) is -0.235. The monoisotopic (exact) mass is 273 g/mol. The molecule has 0 aliphatic rings. The fourth-order valence-corrected chi connectivity index (χ4v) is 1.92. The second kappa shape index (κ2) is 6.94. The van der Waals surface area contributed by atoms with Gasteiger partial charge in [-0.3, -0.25) is 9.59 Å². The van der Waals surface area contributed by atoms with Crippen LogP contribution in [0, 0.1) is 0 Å². The molecule has 100 valence electrons. The van der Waals surface area contributed by atoms with Gasteiger partial charge in [-0.25, -0.2) is 4.68 Å². The zero-order chi connectivity index (χ0) is 13.5. The third-order valence-corrected chi connectivity index (χ3v) is 3.06. The van der Waals surface area contributed by atoms with Gasteiger partial charge in [-0.05, 0) is 23.8 Å². The molecule has 8 nitrogen and oxygen atoms in total. The van der Waals surface area contributed by atoms with Crippen molar-refractivity contribution in [2.45, 2.75) is 37.2 Å². The minimum Gasteiger partial charge on any atom is -0.480 e. The van der Waals surface area contributed by atoms with Crippen LogP contribution in [0.1, 0.15) is 20.3 Å². The second-order valence-electron chi connectivity index (χ2n) is 3.56. The maximum atomic E-state index is 11.6. The molecule has 1 amide bonds. The van der Waals surface area contributed by atoms with E-state index in [1.807, 2.05) is 6.92 Å². The Morgan fingerprint density at radius 3 is 2.89 bits per heavy atom. The number of aliphatic carboxylic acids is 1. The van der Waals surface area contributed by atoms with E-state index >= 15 is 0 Å². The molecule has 1 rings (SSSR count). The van der Waals surface area contributed by atoms with Gasteiger partial charge in [0.15, 0.2) is 0 Å². The van der Waals surface area contributed by atoms with Crippen LogP contribution in [0.15, 0.2) is 5.16 Å². The summed E-state index contributed by atoms with van der Waals surface area (Å²) in [5.41, 5.74) is 0. The first-order chi connectivity index (χ1) is 8.54. The van der Waals surface area contributed by atoms with Crippen LogP contribution in [-0.4, -0.2) is 49.0 Å². The molecule has 18 heavy (non-hydrogen) atoms. The summed E-state index contributed by atoms with van der Waals surface area (Å²) in [6.07, 6.45) is 0.861. The first kappa shape index (κ1) is 14.4. The van der Waals surface area contributed by atoms with Gasteiger partial charge in [-0.1, -0.05) is 18.7 Å². The van der Waals surface area contributed by atoms with E-state index in [4.69, 9.17) is 5.11 Å². The Balaban J connectivity index is 2.58. The molecule has 0 bridgehead atoms. The van der Waals surface area contributed by atoms with Crippen molar-refractivity contribution in [3.63, 3.8) is 0 Å². The van der Waals surface area contributed by atoms with Crippen LogP contribution in [0.3, 0.4) is 0 Å². The molecule has 0 saturated heterocycles. The quantitative estimate of drug-likeness (QED) is 0.660. The summed E-state index contributed by atoms with van der Waals surface area (Å²) in [7, 11) is 0. The number of thioether (sulfide) groups is 1. The number of carbonyl (C=O) groups is 2. The number of carboxylic acid groups (broad SMARTS) is 1. The second-order valence-corrected chi connectivity index (χ2v) is 4.87. The zero-order valence-electron chi connectivity index (χ0n) is 10.2. The molecule has 1 aromatic heterocycles. The number of hydrogen-bond acceptors (Lipinski definition) is 6. The van der Waals surface area contributed by atoms with Gasteiger partial charge in [0.1, 0.15) is 6.54 Å². The number of hydrogen-bond donors (Lipinski definition) is 2. The Morgan fingerprint density at radius 1 is 1.56 bits per heavy atom. The number of nitrogens with one attached hydrogen (secondary N) is 1. The van der Waals surface area contributed by atoms with Crippen LogP contribution >= 0.6 is 11.8 Å². The highest BCUT2D eigenvalue weighted by atomic mass is 32.2. The average molecular weight is 273 g/mol. The summed E-state index contributed by atoms with van der Waals surface area (Å²) in [5, 5.41) is 22.0. The largest absolute Gasteiger partial charge is 0.480 e. The standard InChI is InChI=1S/C9H15N5O3S/c1-3-4-10-8(17)6(2)18-9-11-12-13-14(9)5-7(15)16/h6H,3-5H2,1-2H3,(H,10,17)(H,15,16). The van der Waals surface area contributed by atoms with Crippen molar-refractivity contribution in [1.29, 1.82) is 0 Å². The molecule has 1 atom stereocenters. The van der Waals surface area contributed by atoms with Crippen molar-refractivity contribution in [2.75, 3.05) is 6.54 Å². The van der Waals surface area contributed by atoms with E-state index in [2.05, 4.69) is 20.8 Å². The van der Waals surface area contributed by atoms with Crippen molar-refractivity contribution in [3.8, 4) is 0 Å². The molecule has 0 aliphatic carbocycles. The van der Waals surface area contributed by atoms with Gasteiger partial charge in [-0.15, -0.1) is 5.10 Å². The van der Waals surface area contributed by atoms with Crippen LogP contribution in [0.5, 0.6) is 0 Å². The number of amides is 1. The Hall–Kier alpha value is -1.64. The number of rotatable bonds is 7. The lowest BCUT2D eigenvalue weighted by atomic mass is 10.4. The van der Waals surface area contributed by atoms with Crippen molar-refractivity contribution in [3.05, 3.63) is 0 Å². The first-order valence-electron chi connectivity index (χ1n) is 5.47. The highest BCUT2D eigenvalue weighted by Gasteiger charge is 2.18. The lowest BCUT2D eigenvalue weighted by Gasteiger charge is -2.10. The molecule has 1 unspecified atom stereocenters. The molecule has 0 aliphatic heterocycles. The molecular formula is C9H15N5O3S. The van der Waals surface area contributed by atoms with E-state index in [1.165, 1.54) is 0 Å². The Bertz CT molecular complexity index is 422. The van der Waals surface area contributed by atoms with Crippen molar-refractivity contribution in [2.24, 2.45) is 0 Å². The predicted molar refractivity (Wildman–Crippen MR) is 64.1 cm³/mol. The van der Waals surface area contributed by atoms with Crippen LogP contribution in [-0.2, 0) is 16.1 Å². The Morgan fingerprint density at radius 2 is 2.28 bits per heavy atom. The van der Waals surface area contributed by atoms with Gasteiger partial charge in [0.25, 0.3) is 0 Å². The molecular weight excluding hydrogens is 258 g/mol. The summed E-state index contributed by atoms with van der Waals surface area (Å²) in [6.45, 7) is 3.98. The Labute approximate surface area is 108 Å². The maximum Gasteiger partial charge on any atom is 0.325 e. The van der Waals surface area contributed by atoms with E-state index in [0.717, 1.165) is 22.9 Å². The minimum absolute atomic E-state index is 0.119. The van der Waals surface area contributed by atoms with Gasteiger partial charge in [0.2, 0.25) is 11.1 Å². The average Bonchev–Trinajstić information content (AvgIpc) is 2.72. The van der Waals surface area contributed by atoms with Gasteiger partial charge >= 0.3 is 5.97 Å². The van der Waals surface area contributed by atoms with Crippen LogP contribution in [0.4, 0.5) is 0 Å². The zero-order valence-corrected chi connectivity index (χ0v) is 11.0. The number of tetrazole rings is 1. The van der Waals surface area contributed by atoms with E-state index in [0.29, 0.717) is 11.7 Å². The normalized spacial score (nSPS) is 12.1. The minimum atomic E-state index is -1.03. The molecule has 0 saturated carbocycles. The number of carbonyl (C=O) groups excluding carboxylic acids is 1. The maximum absolute atomic E-state index is 11.6. The van der Waals surface area contributed by atoms with Gasteiger partial charge in [0.05, 0.1) is 5.25 Å². The molecule has 0 spiro atoms. The number of nitrogens with zero attached hydrogens (tertiary/aromatic N) is 4. The number of aromatic nitrogens is 4. The van der Waals surface area contributed by atoms with Gasteiger partial charge in [0, 0.05) is 6.54 Å². The van der Waals surface area contributed by atoms with Crippen molar-refractivity contribution < 1.29 is 14.7 Å². The fourth-order valence-electron chi connectivity index (χ4n) is 1.11. The molecule has 2 N–H and O–H groups in total. The smallest absolute Gasteiger partial charge is 0.325 e. The van der Waals surface area contributed by atoms with Crippen LogP contribution in [0.25, 0.3) is 0 Å². The number of carboxylic acids is 1. The van der Waals surface area contributed by atoms with Crippen molar-refractivity contribution in [1.82, 2.24) is 25.5 Å². The lowest BCUT2D eigenvalue weighted by Crippen LogP contribution is -2.31. The van der Waals surface area contributed by atoms with Gasteiger partial charge < -0.3 is 10.4 Å². The topological polar surface area (TPSA) is 110 Å². The summed E-state index contributed by atoms with van der Waals surface area (Å²) in [6, 6.07) is 0. The van der Waals surface area contributed by atoms with Crippen molar-refractivity contribution >= 4 is 23.6 Å². The third-order valence-electron chi connectivity index (χ3n) is 1.98. The molecule has 1 aromatic rings. The van der Waals surface area contributed by atoms with E-state index in [1.54, 1.807) is 6.92 Å². The molecule has 1 heterocycles. The molecule has 0 aromatic carbocycles. The highest BCUT2D eigenvalue weighted by Crippen LogP contribution is 2.19. The molecule has 0 fully saturated rings. The molecule has 0 radical (unpaired) electrons. The third kappa shape index (κ3) is 4.32. The summed E-state index contributed by atoms with van der Waals surface area (Å²) < 4.78 is 1.15. The lowest BCUT2D eigenvalue weighted by molar-refractivity contribution is -0.138. The van der Waals surface area contributed by atoms with Crippen LogP contribution in [0.2, 0.25) is 0 Å². The van der Waals surface area contributed by atoms with Crippen LogP contribution < -0.4 is 5.32 Å². The van der Waals surface area contributed by atoms with E-state index in [-0.39, 0.29) is 17.7 Å². The van der Waals surface area contributed by atoms with E-state index in [9.17, 15) is 9.59 Å².